The highest BCUT2D eigenvalue weighted by Gasteiger charge is 2.49. The zero-order valence-corrected chi connectivity index (χ0v) is 12.7. The maximum Gasteiger partial charge on any atom is 0.694 e. The predicted molar refractivity (Wildman–Crippen MR) is 65.8 cm³/mol. The third kappa shape index (κ3) is 6.48. The first-order chi connectivity index (χ1) is 7.95. The minimum atomic E-state index is -3.67. The van der Waals surface area contributed by atoms with Crippen LogP contribution in [0.15, 0.2) is 0 Å². The van der Waals surface area contributed by atoms with Crippen LogP contribution in [-0.2, 0) is 27.3 Å². The Labute approximate surface area is 105 Å². The zero-order chi connectivity index (χ0) is 13.4. The summed E-state index contributed by atoms with van der Waals surface area (Å²) in [4.78, 5) is 0. The molecule has 0 unspecified atom stereocenters. The van der Waals surface area contributed by atoms with E-state index in [0.29, 0.717) is 6.42 Å². The van der Waals surface area contributed by atoms with Gasteiger partial charge in [-0.2, -0.15) is 0 Å². The lowest BCUT2D eigenvalue weighted by Gasteiger charge is -2.25. The average molecular weight is 286 g/mol. The van der Waals surface area contributed by atoms with E-state index in [2.05, 4.69) is 0 Å². The molecule has 0 rings (SSSR count). The molecular weight excluding hydrogens is 264 g/mol. The van der Waals surface area contributed by atoms with Gasteiger partial charge in [0.2, 0.25) is 0 Å². The summed E-state index contributed by atoms with van der Waals surface area (Å²) >= 11 is 0. The molecule has 6 nitrogen and oxygen atoms in total. The van der Waals surface area contributed by atoms with Crippen molar-refractivity contribution in [2.45, 2.75) is 34.1 Å². The smallest absolute Gasteiger partial charge is 0.351 e. The SMILES string of the molecule is CCCS(=O)(=O)O[Si](OCC)(OCC)OCC. The van der Waals surface area contributed by atoms with E-state index in [1.165, 1.54) is 0 Å². The molecule has 0 aliphatic carbocycles. The minimum Gasteiger partial charge on any atom is -0.351 e. The topological polar surface area (TPSA) is 71.1 Å². The second kappa shape index (κ2) is 8.17. The van der Waals surface area contributed by atoms with Crippen molar-refractivity contribution in [2.24, 2.45) is 0 Å². The first kappa shape index (κ1) is 17.0. The Morgan fingerprint density at radius 1 is 0.882 bits per heavy atom. The molecule has 0 aromatic heterocycles. The van der Waals surface area contributed by atoms with Gasteiger partial charge in [0, 0.05) is 19.8 Å². The lowest BCUT2D eigenvalue weighted by molar-refractivity contribution is 0.0120. The lowest BCUT2D eigenvalue weighted by Crippen LogP contribution is -2.51. The fourth-order valence-corrected chi connectivity index (χ4v) is 5.14. The lowest BCUT2D eigenvalue weighted by atomic mass is 10.6. The van der Waals surface area contributed by atoms with Gasteiger partial charge in [-0.25, -0.2) is 12.3 Å². The third-order valence-corrected chi connectivity index (χ3v) is 6.31. The molecule has 0 atom stereocenters. The summed E-state index contributed by atoms with van der Waals surface area (Å²) in [6, 6.07) is 0. The van der Waals surface area contributed by atoms with Gasteiger partial charge in [0.25, 0.3) is 10.1 Å². The van der Waals surface area contributed by atoms with Crippen LogP contribution in [0.3, 0.4) is 0 Å². The summed E-state index contributed by atoms with van der Waals surface area (Å²) < 4.78 is 44.2. The summed E-state index contributed by atoms with van der Waals surface area (Å²) in [5.41, 5.74) is 0. The molecule has 0 amide bonds. The standard InChI is InChI=1S/C9H22O6SSi/c1-5-9-16(10,11)15-17(12-6-2,13-7-3)14-8-4/h5-9H2,1-4H3. The fourth-order valence-electron chi connectivity index (χ4n) is 1.17. The molecule has 0 aliphatic heterocycles. The highest BCUT2D eigenvalue weighted by Crippen LogP contribution is 2.16. The van der Waals surface area contributed by atoms with Crippen LogP contribution in [0.4, 0.5) is 0 Å². The molecule has 8 heteroatoms. The molecule has 0 N–H and O–H groups in total. The highest BCUT2D eigenvalue weighted by atomic mass is 32.2. The van der Waals surface area contributed by atoms with Crippen molar-refractivity contribution in [1.82, 2.24) is 0 Å². The second-order valence-corrected chi connectivity index (χ2v) is 7.20. The molecule has 0 aromatic rings. The Balaban J connectivity index is 4.87. The van der Waals surface area contributed by atoms with Crippen molar-refractivity contribution in [1.29, 1.82) is 0 Å². The summed E-state index contributed by atoms with van der Waals surface area (Å²) in [6.07, 6.45) is 0.469. The van der Waals surface area contributed by atoms with Crippen LogP contribution in [0.1, 0.15) is 34.1 Å². The maximum atomic E-state index is 11.6. The number of hydrogen-bond donors (Lipinski definition) is 0. The molecule has 0 aromatic carbocycles. The van der Waals surface area contributed by atoms with E-state index in [-0.39, 0.29) is 25.6 Å². The van der Waals surface area contributed by atoms with Crippen molar-refractivity contribution in [2.75, 3.05) is 25.6 Å². The highest BCUT2D eigenvalue weighted by molar-refractivity contribution is 7.87. The molecule has 0 saturated carbocycles. The van der Waals surface area contributed by atoms with Crippen LogP contribution >= 0.6 is 0 Å². The van der Waals surface area contributed by atoms with Crippen LogP contribution in [-0.4, -0.2) is 43.0 Å². The first-order valence-electron chi connectivity index (χ1n) is 5.80. The van der Waals surface area contributed by atoms with Crippen LogP contribution < -0.4 is 0 Å². The van der Waals surface area contributed by atoms with Gasteiger partial charge in [-0.15, -0.1) is 0 Å². The van der Waals surface area contributed by atoms with Crippen molar-refractivity contribution in [3.8, 4) is 0 Å². The average Bonchev–Trinajstić information content (AvgIpc) is 2.17. The zero-order valence-electron chi connectivity index (χ0n) is 10.9. The number of hydrogen-bond acceptors (Lipinski definition) is 6. The van der Waals surface area contributed by atoms with Gasteiger partial charge in [0.15, 0.2) is 0 Å². The maximum absolute atomic E-state index is 11.6. The molecule has 0 heterocycles. The molecule has 0 saturated heterocycles. The Morgan fingerprint density at radius 2 is 1.29 bits per heavy atom. The van der Waals surface area contributed by atoms with Gasteiger partial charge in [0.1, 0.15) is 0 Å². The van der Waals surface area contributed by atoms with Gasteiger partial charge in [-0.05, 0) is 27.2 Å². The fraction of sp³-hybridized carbons (Fsp3) is 1.00. The Hall–Kier alpha value is 0.00688. The summed E-state index contributed by atoms with van der Waals surface area (Å²) in [7, 11) is -7.23. The van der Waals surface area contributed by atoms with Gasteiger partial charge < -0.3 is 13.3 Å². The predicted octanol–water partition coefficient (Wildman–Crippen LogP) is 1.29. The van der Waals surface area contributed by atoms with E-state index in [9.17, 15) is 8.42 Å². The molecule has 0 aliphatic rings. The van der Waals surface area contributed by atoms with Crippen LogP contribution in [0.2, 0.25) is 0 Å². The molecule has 0 bridgehead atoms. The number of rotatable bonds is 10. The van der Waals surface area contributed by atoms with Crippen LogP contribution in [0, 0.1) is 0 Å². The van der Waals surface area contributed by atoms with Gasteiger partial charge in [0.05, 0.1) is 5.75 Å². The normalized spacial score (nSPS) is 12.9. The molecule has 0 radical (unpaired) electrons. The van der Waals surface area contributed by atoms with Gasteiger partial charge in [-0.3, -0.25) is 0 Å². The molecule has 0 fully saturated rings. The van der Waals surface area contributed by atoms with Gasteiger partial charge in [-0.1, -0.05) is 6.92 Å². The molecule has 17 heavy (non-hydrogen) atoms. The Morgan fingerprint density at radius 3 is 1.59 bits per heavy atom. The molecule has 104 valence electrons. The van der Waals surface area contributed by atoms with Crippen molar-refractivity contribution in [3.05, 3.63) is 0 Å². The van der Waals surface area contributed by atoms with Crippen molar-refractivity contribution < 1.29 is 25.6 Å². The third-order valence-electron chi connectivity index (χ3n) is 1.65. The Kier molecular flexibility index (Phi) is 8.17. The van der Waals surface area contributed by atoms with E-state index in [1.54, 1.807) is 27.7 Å². The summed E-state index contributed by atoms with van der Waals surface area (Å²) in [6.45, 7) is 7.77. The first-order valence-corrected chi connectivity index (χ1v) is 9.01. The quantitative estimate of drug-likeness (QED) is 0.564. The second-order valence-electron chi connectivity index (χ2n) is 3.14. The molecular formula is C9H22O6SSi. The summed E-state index contributed by atoms with van der Waals surface area (Å²) in [5.74, 6) is -0.0744. The Bertz CT molecular complexity index is 275. The van der Waals surface area contributed by atoms with E-state index >= 15 is 0 Å². The van der Waals surface area contributed by atoms with Crippen molar-refractivity contribution >= 4 is 19.2 Å². The minimum absolute atomic E-state index is 0.0744. The van der Waals surface area contributed by atoms with Crippen LogP contribution in [0.5, 0.6) is 0 Å². The van der Waals surface area contributed by atoms with E-state index in [4.69, 9.17) is 17.2 Å². The summed E-state index contributed by atoms with van der Waals surface area (Å²) in [5, 5.41) is 0. The van der Waals surface area contributed by atoms with Crippen molar-refractivity contribution in [3.63, 3.8) is 0 Å². The largest absolute Gasteiger partial charge is 0.694 e. The van der Waals surface area contributed by atoms with E-state index in [1.807, 2.05) is 0 Å². The van der Waals surface area contributed by atoms with Crippen LogP contribution in [0.25, 0.3) is 0 Å². The monoisotopic (exact) mass is 286 g/mol. The van der Waals surface area contributed by atoms with Gasteiger partial charge >= 0.3 is 9.05 Å². The van der Waals surface area contributed by atoms with E-state index < -0.39 is 19.2 Å². The van der Waals surface area contributed by atoms with E-state index in [0.717, 1.165) is 0 Å². The molecule has 0 spiro atoms.